The molecule has 1 N–H and O–H groups in total. The number of benzene rings is 1. The first-order valence-corrected chi connectivity index (χ1v) is 10.4. The Balaban J connectivity index is 1.75. The van der Waals surface area contributed by atoms with Crippen LogP contribution in [-0.2, 0) is 14.3 Å². The summed E-state index contributed by atoms with van der Waals surface area (Å²) in [6.45, 7) is 4.06. The van der Waals surface area contributed by atoms with Gasteiger partial charge in [-0.3, -0.25) is 14.4 Å². The normalized spacial score (nSPS) is 12.8. The SMILES string of the molecule is CC[C@H](CNC(=O)[C@@H](C)OC(=O)CCC(=O)c1ccc(Cl)s1)c1ccccc1. The third kappa shape index (κ3) is 6.77. The number of hydrogen-bond acceptors (Lipinski definition) is 5. The molecule has 0 saturated carbocycles. The van der Waals surface area contributed by atoms with Gasteiger partial charge in [-0.2, -0.15) is 0 Å². The molecule has 150 valence electrons. The van der Waals surface area contributed by atoms with Crippen LogP contribution in [-0.4, -0.2) is 30.3 Å². The van der Waals surface area contributed by atoms with Crippen LogP contribution in [0.5, 0.6) is 0 Å². The van der Waals surface area contributed by atoms with Gasteiger partial charge < -0.3 is 10.1 Å². The second kappa shape index (κ2) is 11.0. The highest BCUT2D eigenvalue weighted by Gasteiger charge is 2.20. The fraction of sp³-hybridized carbons (Fsp3) is 0.381. The molecular formula is C21H24ClNO4S. The molecule has 0 bridgehead atoms. The van der Waals surface area contributed by atoms with Crippen LogP contribution in [0.2, 0.25) is 4.34 Å². The van der Waals surface area contributed by atoms with Gasteiger partial charge >= 0.3 is 5.97 Å². The molecule has 0 saturated heterocycles. The Morgan fingerprint density at radius 3 is 2.43 bits per heavy atom. The standard InChI is InChI=1S/C21H24ClNO4S/c1-3-15(16-7-5-4-6-8-16)13-23-21(26)14(2)27-20(25)12-9-17(24)18-10-11-19(22)28-18/h4-8,10-11,14-15H,3,9,12-13H2,1-2H3,(H,23,26)/t14-,15-/m1/s1. The van der Waals surface area contributed by atoms with E-state index in [1.165, 1.54) is 18.3 Å². The summed E-state index contributed by atoms with van der Waals surface area (Å²) in [5.74, 6) is -0.893. The highest BCUT2D eigenvalue weighted by molar-refractivity contribution is 7.18. The molecule has 2 atom stereocenters. The van der Waals surface area contributed by atoms with Crippen molar-refractivity contribution in [2.75, 3.05) is 6.54 Å². The number of nitrogens with one attached hydrogen (secondary N) is 1. The van der Waals surface area contributed by atoms with Crippen molar-refractivity contribution in [1.82, 2.24) is 5.32 Å². The lowest BCUT2D eigenvalue weighted by Crippen LogP contribution is -2.38. The number of amides is 1. The van der Waals surface area contributed by atoms with Gasteiger partial charge in [0.05, 0.1) is 15.6 Å². The Bertz CT molecular complexity index is 806. The maximum Gasteiger partial charge on any atom is 0.307 e. The van der Waals surface area contributed by atoms with Crippen LogP contribution in [0.15, 0.2) is 42.5 Å². The van der Waals surface area contributed by atoms with E-state index in [4.69, 9.17) is 16.3 Å². The number of thiophene rings is 1. The quantitative estimate of drug-likeness (QED) is 0.449. The first kappa shape index (κ1) is 22.1. The Morgan fingerprint density at radius 1 is 1.11 bits per heavy atom. The summed E-state index contributed by atoms with van der Waals surface area (Å²) < 4.78 is 5.67. The van der Waals surface area contributed by atoms with E-state index in [2.05, 4.69) is 12.2 Å². The first-order valence-electron chi connectivity index (χ1n) is 9.21. The van der Waals surface area contributed by atoms with Crippen molar-refractivity contribution in [2.45, 2.75) is 45.1 Å². The summed E-state index contributed by atoms with van der Waals surface area (Å²) in [5, 5.41) is 2.83. The number of halogens is 1. The number of ketones is 1. The molecule has 1 heterocycles. The molecule has 7 heteroatoms. The van der Waals surface area contributed by atoms with Gasteiger partial charge in [-0.25, -0.2) is 0 Å². The lowest BCUT2D eigenvalue weighted by Gasteiger charge is -2.18. The van der Waals surface area contributed by atoms with E-state index < -0.39 is 12.1 Å². The van der Waals surface area contributed by atoms with Crippen LogP contribution in [0.25, 0.3) is 0 Å². The van der Waals surface area contributed by atoms with E-state index in [1.807, 2.05) is 30.3 Å². The number of carbonyl (C=O) groups is 3. The minimum absolute atomic E-state index is 0.0237. The zero-order chi connectivity index (χ0) is 20.5. The maximum atomic E-state index is 12.2. The smallest absolute Gasteiger partial charge is 0.307 e. The third-order valence-corrected chi connectivity index (χ3v) is 5.64. The van der Waals surface area contributed by atoms with E-state index in [-0.39, 0.29) is 30.4 Å². The fourth-order valence-electron chi connectivity index (χ4n) is 2.70. The molecule has 2 rings (SSSR count). The highest BCUT2D eigenvalue weighted by atomic mass is 35.5. The molecule has 0 unspecified atom stereocenters. The molecule has 28 heavy (non-hydrogen) atoms. The first-order chi connectivity index (χ1) is 13.4. The molecule has 2 aromatic rings. The Morgan fingerprint density at radius 2 is 1.82 bits per heavy atom. The second-order valence-corrected chi connectivity index (χ2v) is 8.14. The molecule has 0 aliphatic rings. The average Bonchev–Trinajstić information content (AvgIpc) is 3.13. The van der Waals surface area contributed by atoms with Crippen molar-refractivity contribution in [2.24, 2.45) is 0 Å². The van der Waals surface area contributed by atoms with Crippen molar-refractivity contribution in [3.05, 3.63) is 57.2 Å². The number of hydrogen-bond donors (Lipinski definition) is 1. The predicted molar refractivity (Wildman–Crippen MR) is 111 cm³/mol. The minimum atomic E-state index is -0.910. The van der Waals surface area contributed by atoms with Crippen molar-refractivity contribution >= 4 is 40.6 Å². The van der Waals surface area contributed by atoms with Crippen LogP contribution >= 0.6 is 22.9 Å². The van der Waals surface area contributed by atoms with E-state index in [0.717, 1.165) is 12.0 Å². The molecule has 0 aliphatic carbocycles. The number of carbonyl (C=O) groups excluding carboxylic acids is 3. The lowest BCUT2D eigenvalue weighted by atomic mass is 9.96. The van der Waals surface area contributed by atoms with Gasteiger partial charge in [-0.15, -0.1) is 11.3 Å². The van der Waals surface area contributed by atoms with Gasteiger partial charge in [-0.05, 0) is 31.0 Å². The average molecular weight is 422 g/mol. The summed E-state index contributed by atoms with van der Waals surface area (Å²) in [7, 11) is 0. The van der Waals surface area contributed by atoms with Gasteiger partial charge in [0.15, 0.2) is 11.9 Å². The van der Waals surface area contributed by atoms with E-state index >= 15 is 0 Å². The Hall–Kier alpha value is -2.18. The zero-order valence-electron chi connectivity index (χ0n) is 15.9. The summed E-state index contributed by atoms with van der Waals surface area (Å²) in [5.41, 5.74) is 1.15. The predicted octanol–water partition coefficient (Wildman–Crippen LogP) is 4.61. The molecule has 0 aliphatic heterocycles. The number of ether oxygens (including phenoxy) is 1. The van der Waals surface area contributed by atoms with Gasteiger partial charge in [0.1, 0.15) is 0 Å². The maximum absolute atomic E-state index is 12.2. The van der Waals surface area contributed by atoms with E-state index in [1.54, 1.807) is 12.1 Å². The molecule has 1 aromatic heterocycles. The number of Topliss-reactive ketones (excluding diaryl/α,β-unsaturated/α-hetero) is 1. The van der Waals surface area contributed by atoms with Gasteiger partial charge in [0.25, 0.3) is 5.91 Å². The monoisotopic (exact) mass is 421 g/mol. The van der Waals surface area contributed by atoms with Crippen LogP contribution in [0.3, 0.4) is 0 Å². The zero-order valence-corrected chi connectivity index (χ0v) is 17.5. The van der Waals surface area contributed by atoms with Crippen LogP contribution in [0.1, 0.15) is 54.3 Å². The molecule has 0 radical (unpaired) electrons. The Labute approximate surface area is 174 Å². The highest BCUT2D eigenvalue weighted by Crippen LogP contribution is 2.23. The summed E-state index contributed by atoms with van der Waals surface area (Å²) >= 11 is 6.98. The van der Waals surface area contributed by atoms with Gasteiger partial charge in [0.2, 0.25) is 0 Å². The molecule has 0 spiro atoms. The molecule has 1 amide bonds. The van der Waals surface area contributed by atoms with Crippen molar-refractivity contribution < 1.29 is 19.1 Å². The number of esters is 1. The van der Waals surface area contributed by atoms with Crippen LogP contribution < -0.4 is 5.32 Å². The van der Waals surface area contributed by atoms with Crippen molar-refractivity contribution in [3.63, 3.8) is 0 Å². The van der Waals surface area contributed by atoms with E-state index in [9.17, 15) is 14.4 Å². The molecule has 0 fully saturated rings. The summed E-state index contributed by atoms with van der Waals surface area (Å²) in [6.07, 6.45) is -0.0800. The molecule has 1 aromatic carbocycles. The summed E-state index contributed by atoms with van der Waals surface area (Å²) in [6, 6.07) is 13.2. The molecule has 5 nitrogen and oxygen atoms in total. The van der Waals surface area contributed by atoms with Crippen molar-refractivity contribution in [1.29, 1.82) is 0 Å². The topological polar surface area (TPSA) is 72.5 Å². The Kier molecular flexibility index (Phi) is 8.67. The van der Waals surface area contributed by atoms with Gasteiger partial charge in [-0.1, -0.05) is 48.9 Å². The minimum Gasteiger partial charge on any atom is -0.453 e. The fourth-order valence-corrected chi connectivity index (χ4v) is 3.71. The third-order valence-electron chi connectivity index (χ3n) is 4.37. The van der Waals surface area contributed by atoms with E-state index in [0.29, 0.717) is 15.8 Å². The largest absolute Gasteiger partial charge is 0.453 e. The van der Waals surface area contributed by atoms with Crippen LogP contribution in [0, 0.1) is 0 Å². The second-order valence-electron chi connectivity index (χ2n) is 6.42. The number of rotatable bonds is 10. The van der Waals surface area contributed by atoms with Crippen molar-refractivity contribution in [3.8, 4) is 0 Å². The van der Waals surface area contributed by atoms with Gasteiger partial charge in [0, 0.05) is 18.9 Å². The lowest BCUT2D eigenvalue weighted by molar-refractivity contribution is -0.154. The van der Waals surface area contributed by atoms with Crippen LogP contribution in [0.4, 0.5) is 0 Å². The molecular weight excluding hydrogens is 398 g/mol. The summed E-state index contributed by atoms with van der Waals surface area (Å²) in [4.78, 5) is 36.7.